The van der Waals surface area contributed by atoms with Gasteiger partial charge in [0.2, 0.25) is 0 Å². The molecule has 8 heavy (non-hydrogen) atoms. The highest BCUT2D eigenvalue weighted by Gasteiger charge is 2.01. The molecule has 0 amide bonds. The largest absolute Gasteiger partial charge is 0.0680 e. The summed E-state index contributed by atoms with van der Waals surface area (Å²) in [5, 5.41) is 0. The van der Waals surface area contributed by atoms with Gasteiger partial charge in [0, 0.05) is 8.80 Å². The van der Waals surface area contributed by atoms with Gasteiger partial charge in [0.25, 0.3) is 0 Å². The molecule has 0 aliphatic heterocycles. The monoisotopic (exact) mass is 130 g/mol. The Kier molecular flexibility index (Phi) is 5.50. The quantitative estimate of drug-likeness (QED) is 0.513. The van der Waals surface area contributed by atoms with Crippen molar-refractivity contribution in [1.29, 1.82) is 0 Å². The molecule has 0 aliphatic rings. The third kappa shape index (κ3) is 3.25. The Bertz CT molecular complexity index is 39.7. The summed E-state index contributed by atoms with van der Waals surface area (Å²) in [6.45, 7) is 6.98. The fourth-order valence-electron chi connectivity index (χ4n) is 1.11. The van der Waals surface area contributed by atoms with Crippen LogP contribution in [0.4, 0.5) is 0 Å². The van der Waals surface area contributed by atoms with Gasteiger partial charge in [-0.15, -0.1) is 0 Å². The van der Waals surface area contributed by atoms with Gasteiger partial charge in [-0.05, 0) is 0 Å². The van der Waals surface area contributed by atoms with Crippen LogP contribution in [-0.2, 0) is 0 Å². The smallest absolute Gasteiger partial charge is 0.0362 e. The fraction of sp³-hybridized carbons (Fsp3) is 1.00. The maximum Gasteiger partial charge on any atom is 0.0362 e. The Labute approximate surface area is 54.9 Å². The highest BCUT2D eigenvalue weighted by molar-refractivity contribution is 6.58. The normalized spacial score (nSPS) is 10.5. The summed E-state index contributed by atoms with van der Waals surface area (Å²) in [4.78, 5) is 0. The number of hydrogen-bond acceptors (Lipinski definition) is 0. The molecule has 0 fully saturated rings. The molecule has 50 valence electrons. The molecular formula is C7H18Si. The lowest BCUT2D eigenvalue weighted by Gasteiger charge is -2.06. The van der Waals surface area contributed by atoms with E-state index >= 15 is 0 Å². The van der Waals surface area contributed by atoms with Gasteiger partial charge in [0.15, 0.2) is 0 Å². The summed E-state index contributed by atoms with van der Waals surface area (Å²) in [6.07, 6.45) is 1.42. The molecule has 0 rings (SSSR count). The predicted molar refractivity (Wildman–Crippen MR) is 43.2 cm³/mol. The van der Waals surface area contributed by atoms with Gasteiger partial charge in [-0.25, -0.2) is 0 Å². The molecule has 0 N–H and O–H groups in total. The number of rotatable bonds is 4. The Hall–Kier alpha value is 0.217. The average molecular weight is 130 g/mol. The van der Waals surface area contributed by atoms with Crippen molar-refractivity contribution in [2.75, 3.05) is 0 Å². The van der Waals surface area contributed by atoms with Gasteiger partial charge >= 0.3 is 0 Å². The first-order chi connectivity index (χ1) is 3.85. The number of hydrogen-bond donors (Lipinski definition) is 0. The molecule has 0 saturated heterocycles. The molecule has 0 aromatic rings. The van der Waals surface area contributed by atoms with E-state index in [0.29, 0.717) is 0 Å². The first-order valence-corrected chi connectivity index (χ1v) is 6.30. The van der Waals surface area contributed by atoms with Crippen molar-refractivity contribution in [2.24, 2.45) is 0 Å². The van der Waals surface area contributed by atoms with Gasteiger partial charge < -0.3 is 0 Å². The second-order valence-corrected chi connectivity index (χ2v) is 6.41. The second-order valence-electron chi connectivity index (χ2n) is 2.47. The minimum atomic E-state index is -0.192. The molecule has 0 saturated carbocycles. The zero-order chi connectivity index (χ0) is 6.41. The first-order valence-electron chi connectivity index (χ1n) is 3.85. The van der Waals surface area contributed by atoms with Gasteiger partial charge in [0.1, 0.15) is 0 Å². The molecular weight excluding hydrogens is 112 g/mol. The van der Waals surface area contributed by atoms with E-state index in [9.17, 15) is 0 Å². The zero-order valence-electron chi connectivity index (χ0n) is 6.41. The van der Waals surface area contributed by atoms with E-state index in [1.54, 1.807) is 6.04 Å². The van der Waals surface area contributed by atoms with Crippen LogP contribution in [0.2, 0.25) is 18.1 Å². The summed E-state index contributed by atoms with van der Waals surface area (Å²) < 4.78 is 0. The van der Waals surface area contributed by atoms with Crippen LogP contribution in [0.25, 0.3) is 0 Å². The molecule has 0 nitrogen and oxygen atoms in total. The Balaban J connectivity index is 3.07. The SMILES string of the molecule is CCC[SiH](CC)CC. The van der Waals surface area contributed by atoms with Crippen LogP contribution in [0.1, 0.15) is 27.2 Å². The van der Waals surface area contributed by atoms with Crippen molar-refractivity contribution in [1.82, 2.24) is 0 Å². The van der Waals surface area contributed by atoms with Crippen LogP contribution in [0.15, 0.2) is 0 Å². The van der Waals surface area contributed by atoms with E-state index < -0.39 is 0 Å². The minimum absolute atomic E-state index is 0.192. The summed E-state index contributed by atoms with van der Waals surface area (Å²) in [5.74, 6) is 0. The molecule has 0 atom stereocenters. The molecule has 0 aliphatic carbocycles. The van der Waals surface area contributed by atoms with Crippen molar-refractivity contribution in [2.45, 2.75) is 45.3 Å². The molecule has 1 heteroatoms. The molecule has 0 unspecified atom stereocenters. The van der Waals surface area contributed by atoms with Crippen molar-refractivity contribution in [3.05, 3.63) is 0 Å². The van der Waals surface area contributed by atoms with Crippen LogP contribution >= 0.6 is 0 Å². The van der Waals surface area contributed by atoms with Gasteiger partial charge in [-0.3, -0.25) is 0 Å². The highest BCUT2D eigenvalue weighted by atomic mass is 28.3. The van der Waals surface area contributed by atoms with E-state index in [2.05, 4.69) is 20.8 Å². The topological polar surface area (TPSA) is 0 Å². The Morgan fingerprint density at radius 2 is 1.50 bits per heavy atom. The van der Waals surface area contributed by atoms with Gasteiger partial charge in [-0.2, -0.15) is 0 Å². The van der Waals surface area contributed by atoms with Crippen LogP contribution in [0.3, 0.4) is 0 Å². The van der Waals surface area contributed by atoms with Crippen molar-refractivity contribution >= 4 is 8.80 Å². The average Bonchev–Trinajstić information content (AvgIpc) is 1.83. The lowest BCUT2D eigenvalue weighted by atomic mass is 10.6. The van der Waals surface area contributed by atoms with Crippen LogP contribution in [0, 0.1) is 0 Å². The summed E-state index contributed by atoms with van der Waals surface area (Å²) >= 11 is 0. The third-order valence-electron chi connectivity index (χ3n) is 1.85. The molecule has 0 spiro atoms. The summed E-state index contributed by atoms with van der Waals surface area (Å²) in [7, 11) is -0.192. The highest BCUT2D eigenvalue weighted by Crippen LogP contribution is 2.05. The van der Waals surface area contributed by atoms with E-state index in [4.69, 9.17) is 0 Å². The standard InChI is InChI=1S/C7H18Si/c1-4-7-8(5-2)6-3/h8H,4-7H2,1-3H3. The lowest BCUT2D eigenvalue weighted by molar-refractivity contribution is 1.04. The molecule has 0 bridgehead atoms. The molecule has 0 radical (unpaired) electrons. The van der Waals surface area contributed by atoms with Crippen LogP contribution in [0.5, 0.6) is 0 Å². The predicted octanol–water partition coefficient (Wildman–Crippen LogP) is 2.66. The van der Waals surface area contributed by atoms with Crippen molar-refractivity contribution < 1.29 is 0 Å². The zero-order valence-corrected chi connectivity index (χ0v) is 7.56. The fourth-order valence-corrected chi connectivity index (χ4v) is 3.32. The van der Waals surface area contributed by atoms with E-state index in [0.717, 1.165) is 0 Å². The Morgan fingerprint density at radius 3 is 1.62 bits per heavy atom. The molecule has 0 heterocycles. The maximum absolute atomic E-state index is 2.34. The lowest BCUT2D eigenvalue weighted by Crippen LogP contribution is -2.06. The summed E-state index contributed by atoms with van der Waals surface area (Å²) in [6, 6.07) is 4.57. The van der Waals surface area contributed by atoms with E-state index in [1.807, 2.05) is 0 Å². The molecule has 0 aromatic heterocycles. The van der Waals surface area contributed by atoms with Crippen molar-refractivity contribution in [3.8, 4) is 0 Å². The minimum Gasteiger partial charge on any atom is -0.0680 e. The van der Waals surface area contributed by atoms with E-state index in [1.165, 1.54) is 18.5 Å². The Morgan fingerprint density at radius 1 is 1.00 bits per heavy atom. The van der Waals surface area contributed by atoms with Gasteiger partial charge in [0.05, 0.1) is 0 Å². The van der Waals surface area contributed by atoms with Crippen LogP contribution < -0.4 is 0 Å². The van der Waals surface area contributed by atoms with Crippen LogP contribution in [-0.4, -0.2) is 8.80 Å². The maximum atomic E-state index is 2.34. The van der Waals surface area contributed by atoms with Crippen molar-refractivity contribution in [3.63, 3.8) is 0 Å². The third-order valence-corrected chi connectivity index (χ3v) is 5.55. The van der Waals surface area contributed by atoms with E-state index in [-0.39, 0.29) is 8.80 Å². The summed E-state index contributed by atoms with van der Waals surface area (Å²) in [5.41, 5.74) is 0. The molecule has 0 aromatic carbocycles. The second kappa shape index (κ2) is 5.36. The van der Waals surface area contributed by atoms with Gasteiger partial charge in [-0.1, -0.05) is 45.3 Å². The first kappa shape index (κ1) is 8.22.